The van der Waals surface area contributed by atoms with Crippen LogP contribution in [0.25, 0.3) is 0 Å². The van der Waals surface area contributed by atoms with E-state index in [-0.39, 0.29) is 18.8 Å². The smallest absolute Gasteiger partial charge is 0.138 e. The fourth-order valence-corrected chi connectivity index (χ4v) is 2.42. The van der Waals surface area contributed by atoms with Gasteiger partial charge in [0.2, 0.25) is 0 Å². The molecule has 0 aromatic carbocycles. The Labute approximate surface area is 101 Å². The molecule has 1 saturated heterocycles. The van der Waals surface area contributed by atoms with Gasteiger partial charge in [0.25, 0.3) is 0 Å². The average Bonchev–Trinajstić information content (AvgIpc) is 2.87. The Morgan fingerprint density at radius 3 is 2.82 bits per heavy atom. The molecule has 1 aromatic rings. The predicted molar refractivity (Wildman–Crippen MR) is 62.7 cm³/mol. The number of rotatable bonds is 4. The fraction of sp³-hybridized carbons (Fsp3) is 0.750. The molecule has 2 rings (SSSR count). The summed E-state index contributed by atoms with van der Waals surface area (Å²) < 4.78 is 10.5. The molecule has 5 nitrogen and oxygen atoms in total. The molecule has 0 radical (unpaired) electrons. The fourth-order valence-electron chi connectivity index (χ4n) is 2.42. The molecular weight excluding hydrogens is 220 g/mol. The molecule has 0 unspecified atom stereocenters. The number of hydrogen-bond acceptors (Lipinski definition) is 5. The molecule has 1 aromatic heterocycles. The van der Waals surface area contributed by atoms with E-state index in [0.29, 0.717) is 0 Å². The molecule has 0 saturated carbocycles. The normalized spacial score (nSPS) is 25.6. The first-order chi connectivity index (χ1) is 8.15. The molecule has 96 valence electrons. The van der Waals surface area contributed by atoms with Crippen molar-refractivity contribution < 1.29 is 14.4 Å². The van der Waals surface area contributed by atoms with Crippen LogP contribution in [0.1, 0.15) is 23.4 Å². The molecule has 0 amide bonds. The van der Waals surface area contributed by atoms with Crippen LogP contribution in [0.4, 0.5) is 0 Å². The van der Waals surface area contributed by atoms with Gasteiger partial charge in [-0.3, -0.25) is 4.90 Å². The first kappa shape index (κ1) is 12.5. The van der Waals surface area contributed by atoms with E-state index >= 15 is 0 Å². The molecule has 0 bridgehead atoms. The van der Waals surface area contributed by atoms with E-state index in [4.69, 9.17) is 9.26 Å². The molecule has 2 atom stereocenters. The zero-order valence-corrected chi connectivity index (χ0v) is 10.6. The lowest BCUT2D eigenvalue weighted by Crippen LogP contribution is -2.32. The second-order valence-corrected chi connectivity index (χ2v) is 4.66. The summed E-state index contributed by atoms with van der Waals surface area (Å²) in [4.78, 5) is 2.24. The maximum atomic E-state index is 9.38. The summed E-state index contributed by atoms with van der Waals surface area (Å²) >= 11 is 0. The van der Waals surface area contributed by atoms with Gasteiger partial charge in [0.1, 0.15) is 5.76 Å². The van der Waals surface area contributed by atoms with Crippen LogP contribution in [-0.2, 0) is 11.3 Å². The summed E-state index contributed by atoms with van der Waals surface area (Å²) in [6, 6.07) is 0.175. The first-order valence-corrected chi connectivity index (χ1v) is 5.95. The van der Waals surface area contributed by atoms with Crippen LogP contribution in [0.2, 0.25) is 0 Å². The van der Waals surface area contributed by atoms with Gasteiger partial charge in [-0.2, -0.15) is 0 Å². The summed E-state index contributed by atoms with van der Waals surface area (Å²) in [5.74, 6) is 0.861. The molecule has 0 spiro atoms. The standard InChI is InChI=1S/C12H20N2O3/c1-8-12(9(2)17-13-8)6-14-5-11(16-3)4-10(14)7-15/h10-11,15H,4-7H2,1-3H3/t10-,11-/m0/s1. The Bertz CT molecular complexity index is 358. The van der Waals surface area contributed by atoms with Crippen LogP contribution in [-0.4, -0.2) is 47.6 Å². The van der Waals surface area contributed by atoms with Crippen molar-refractivity contribution in [2.45, 2.75) is 39.0 Å². The van der Waals surface area contributed by atoms with Crippen LogP contribution in [0.15, 0.2) is 4.52 Å². The number of aliphatic hydroxyl groups is 1. The minimum Gasteiger partial charge on any atom is -0.395 e. The first-order valence-electron chi connectivity index (χ1n) is 5.95. The van der Waals surface area contributed by atoms with Gasteiger partial charge in [0.15, 0.2) is 0 Å². The van der Waals surface area contributed by atoms with Gasteiger partial charge in [0.05, 0.1) is 18.4 Å². The minimum absolute atomic E-state index is 0.170. The lowest BCUT2D eigenvalue weighted by atomic mass is 10.1. The van der Waals surface area contributed by atoms with Crippen LogP contribution in [0.3, 0.4) is 0 Å². The van der Waals surface area contributed by atoms with E-state index in [1.807, 2.05) is 13.8 Å². The Morgan fingerprint density at radius 2 is 2.29 bits per heavy atom. The maximum absolute atomic E-state index is 9.38. The summed E-state index contributed by atoms with van der Waals surface area (Å²) in [6.07, 6.45) is 1.10. The molecule has 2 heterocycles. The summed E-state index contributed by atoms with van der Waals surface area (Å²) in [5.41, 5.74) is 2.06. The van der Waals surface area contributed by atoms with E-state index in [1.165, 1.54) is 0 Å². The van der Waals surface area contributed by atoms with Gasteiger partial charge in [-0.15, -0.1) is 0 Å². The molecule has 1 fully saturated rings. The third kappa shape index (κ3) is 2.51. The Morgan fingerprint density at radius 1 is 1.53 bits per heavy atom. The van der Waals surface area contributed by atoms with Crippen molar-refractivity contribution in [3.63, 3.8) is 0 Å². The van der Waals surface area contributed by atoms with Crippen molar-refractivity contribution in [2.24, 2.45) is 0 Å². The predicted octanol–water partition coefficient (Wildman–Crippen LogP) is 0.873. The van der Waals surface area contributed by atoms with Crippen molar-refractivity contribution in [1.82, 2.24) is 10.1 Å². The molecule has 0 aliphatic carbocycles. The van der Waals surface area contributed by atoms with Crippen molar-refractivity contribution in [1.29, 1.82) is 0 Å². The largest absolute Gasteiger partial charge is 0.395 e. The van der Waals surface area contributed by atoms with Gasteiger partial charge in [0, 0.05) is 31.8 Å². The lowest BCUT2D eigenvalue weighted by Gasteiger charge is -2.21. The zero-order chi connectivity index (χ0) is 12.4. The van der Waals surface area contributed by atoms with Crippen molar-refractivity contribution in [2.75, 3.05) is 20.3 Å². The van der Waals surface area contributed by atoms with Gasteiger partial charge in [-0.25, -0.2) is 0 Å². The molecule has 1 aliphatic heterocycles. The number of hydrogen-bond donors (Lipinski definition) is 1. The van der Waals surface area contributed by atoms with E-state index in [0.717, 1.165) is 36.5 Å². The second-order valence-electron chi connectivity index (χ2n) is 4.66. The van der Waals surface area contributed by atoms with E-state index < -0.39 is 0 Å². The number of likely N-dealkylation sites (tertiary alicyclic amines) is 1. The third-order valence-electron chi connectivity index (χ3n) is 3.58. The van der Waals surface area contributed by atoms with Crippen molar-refractivity contribution in [3.05, 3.63) is 17.0 Å². The number of ether oxygens (including phenoxy) is 1. The number of aliphatic hydroxyl groups excluding tert-OH is 1. The van der Waals surface area contributed by atoms with Crippen LogP contribution < -0.4 is 0 Å². The van der Waals surface area contributed by atoms with Gasteiger partial charge in [-0.05, 0) is 20.3 Å². The molecule has 1 N–H and O–H groups in total. The monoisotopic (exact) mass is 240 g/mol. The van der Waals surface area contributed by atoms with Crippen molar-refractivity contribution in [3.8, 4) is 0 Å². The van der Waals surface area contributed by atoms with Gasteiger partial charge < -0.3 is 14.4 Å². The topological polar surface area (TPSA) is 58.7 Å². The van der Waals surface area contributed by atoms with Gasteiger partial charge in [-0.1, -0.05) is 5.16 Å². The minimum atomic E-state index is 0.170. The van der Waals surface area contributed by atoms with Crippen LogP contribution >= 0.6 is 0 Å². The highest BCUT2D eigenvalue weighted by atomic mass is 16.5. The third-order valence-corrected chi connectivity index (χ3v) is 3.58. The van der Waals surface area contributed by atoms with E-state index in [2.05, 4.69) is 10.1 Å². The SMILES string of the molecule is CO[C@H]1C[C@@H](CO)N(Cc2c(C)noc2C)C1. The molecular formula is C12H20N2O3. The van der Waals surface area contributed by atoms with Crippen molar-refractivity contribution >= 4 is 0 Å². The number of aromatic nitrogens is 1. The van der Waals surface area contributed by atoms with E-state index in [9.17, 15) is 5.11 Å². The van der Waals surface area contributed by atoms with Gasteiger partial charge >= 0.3 is 0 Å². The Kier molecular flexibility index (Phi) is 3.81. The highest BCUT2D eigenvalue weighted by Crippen LogP contribution is 2.24. The average molecular weight is 240 g/mol. The van der Waals surface area contributed by atoms with Crippen LogP contribution in [0, 0.1) is 13.8 Å². The Hall–Kier alpha value is -0.910. The van der Waals surface area contributed by atoms with Crippen LogP contribution in [0.5, 0.6) is 0 Å². The number of methoxy groups -OCH3 is 1. The molecule has 17 heavy (non-hydrogen) atoms. The quantitative estimate of drug-likeness (QED) is 0.846. The highest BCUT2D eigenvalue weighted by molar-refractivity contribution is 5.21. The summed E-state index contributed by atoms with van der Waals surface area (Å²) in [6.45, 7) is 5.66. The molecule has 1 aliphatic rings. The Balaban J connectivity index is 2.08. The maximum Gasteiger partial charge on any atom is 0.138 e. The number of nitrogens with zero attached hydrogens (tertiary/aromatic N) is 2. The molecule has 5 heteroatoms. The summed E-state index contributed by atoms with van der Waals surface area (Å²) in [5, 5.41) is 13.3. The van der Waals surface area contributed by atoms with E-state index in [1.54, 1.807) is 7.11 Å². The second kappa shape index (κ2) is 5.16. The summed E-state index contributed by atoms with van der Waals surface area (Å²) in [7, 11) is 1.72. The zero-order valence-electron chi connectivity index (χ0n) is 10.6. The lowest BCUT2D eigenvalue weighted by molar-refractivity contribution is 0.107. The highest BCUT2D eigenvalue weighted by Gasteiger charge is 2.32. The number of aryl methyl sites for hydroxylation is 2.